The molecule has 0 atom stereocenters. The van der Waals surface area contributed by atoms with Crippen LogP contribution in [0.2, 0.25) is 5.02 Å². The highest BCUT2D eigenvalue weighted by Gasteiger charge is 2.31. The summed E-state index contributed by atoms with van der Waals surface area (Å²) in [6, 6.07) is 1.35. The van der Waals surface area contributed by atoms with Gasteiger partial charge >= 0.3 is 6.16 Å². The standard InChI is InChI=1S/C20H21ClFN3O5/c1-11(26)9-23-4-6-24(7-5-23)18-14(21)8-13-17(16(18)22)25(12-2-3-12)10-15(19(13)27)30-20(28)29/h8,10,12H,2-7,9H2,1H3,(H,28,29). The predicted molar refractivity (Wildman–Crippen MR) is 109 cm³/mol. The van der Waals surface area contributed by atoms with Crippen molar-refractivity contribution in [2.45, 2.75) is 25.8 Å². The molecule has 1 saturated carbocycles. The fraction of sp³-hybridized carbons (Fsp3) is 0.450. The van der Waals surface area contributed by atoms with E-state index in [1.807, 2.05) is 9.80 Å². The van der Waals surface area contributed by atoms with Gasteiger partial charge < -0.3 is 19.3 Å². The number of piperazine rings is 1. The third kappa shape index (κ3) is 3.87. The third-order valence-corrected chi connectivity index (χ3v) is 5.71. The predicted octanol–water partition coefficient (Wildman–Crippen LogP) is 2.90. The number of nitrogens with zero attached hydrogens (tertiary/aromatic N) is 3. The zero-order valence-corrected chi connectivity index (χ0v) is 17.1. The van der Waals surface area contributed by atoms with Crippen molar-refractivity contribution in [2.24, 2.45) is 0 Å². The van der Waals surface area contributed by atoms with Crippen LogP contribution in [0.4, 0.5) is 14.9 Å². The summed E-state index contributed by atoms with van der Waals surface area (Å²) in [5.41, 5.74) is -0.402. The van der Waals surface area contributed by atoms with Gasteiger partial charge in [0.25, 0.3) is 0 Å². The highest BCUT2D eigenvalue weighted by molar-refractivity contribution is 6.34. The third-order valence-electron chi connectivity index (χ3n) is 5.42. The Labute approximate surface area is 176 Å². The molecule has 0 radical (unpaired) electrons. The molecular formula is C20H21ClFN3O5. The van der Waals surface area contributed by atoms with E-state index in [-0.39, 0.29) is 39.2 Å². The number of ether oxygens (including phenoxy) is 1. The Morgan fingerprint density at radius 3 is 2.50 bits per heavy atom. The lowest BCUT2D eigenvalue weighted by atomic mass is 10.1. The van der Waals surface area contributed by atoms with Crippen LogP contribution in [0.3, 0.4) is 0 Å². The second kappa shape index (κ2) is 7.88. The van der Waals surface area contributed by atoms with Crippen LogP contribution in [-0.4, -0.2) is 59.2 Å². The topological polar surface area (TPSA) is 92.1 Å². The number of halogens is 2. The molecule has 1 N–H and O–H groups in total. The lowest BCUT2D eigenvalue weighted by Gasteiger charge is -2.36. The number of hydrogen-bond donors (Lipinski definition) is 1. The van der Waals surface area contributed by atoms with Gasteiger partial charge in [0.05, 0.1) is 34.4 Å². The van der Waals surface area contributed by atoms with Gasteiger partial charge in [-0.2, -0.15) is 0 Å². The first-order valence-corrected chi connectivity index (χ1v) is 10.1. The summed E-state index contributed by atoms with van der Waals surface area (Å²) in [4.78, 5) is 38.8. The number of benzene rings is 1. The van der Waals surface area contributed by atoms with Crippen molar-refractivity contribution in [3.8, 4) is 5.75 Å². The fourth-order valence-electron chi connectivity index (χ4n) is 3.95. The van der Waals surface area contributed by atoms with Gasteiger partial charge in [0.1, 0.15) is 5.78 Å². The molecule has 2 aromatic rings. The molecule has 0 amide bonds. The first kappa shape index (κ1) is 20.6. The van der Waals surface area contributed by atoms with Gasteiger partial charge in [-0.05, 0) is 25.8 Å². The quantitative estimate of drug-likeness (QED) is 0.719. The van der Waals surface area contributed by atoms with Gasteiger partial charge in [-0.25, -0.2) is 9.18 Å². The maximum atomic E-state index is 15.7. The van der Waals surface area contributed by atoms with E-state index in [9.17, 15) is 14.4 Å². The van der Waals surface area contributed by atoms with Gasteiger partial charge in [-0.1, -0.05) is 11.6 Å². The van der Waals surface area contributed by atoms with E-state index in [1.165, 1.54) is 19.2 Å². The maximum absolute atomic E-state index is 15.7. The number of pyridine rings is 1. The number of Topliss-reactive ketones (excluding diaryl/α,β-unsaturated/α-hetero) is 1. The van der Waals surface area contributed by atoms with E-state index >= 15 is 4.39 Å². The monoisotopic (exact) mass is 437 g/mol. The van der Waals surface area contributed by atoms with Crippen molar-refractivity contribution in [1.82, 2.24) is 9.47 Å². The van der Waals surface area contributed by atoms with Gasteiger partial charge in [0.2, 0.25) is 5.43 Å². The minimum Gasteiger partial charge on any atom is -0.449 e. The number of carbonyl (C=O) groups is 2. The second-order valence-corrected chi connectivity index (χ2v) is 8.12. The van der Waals surface area contributed by atoms with Crippen LogP contribution < -0.4 is 15.1 Å². The Morgan fingerprint density at radius 2 is 1.93 bits per heavy atom. The summed E-state index contributed by atoms with van der Waals surface area (Å²) in [5, 5.41) is 8.97. The number of carbonyl (C=O) groups excluding carboxylic acids is 1. The van der Waals surface area contributed by atoms with Crippen LogP contribution in [0.15, 0.2) is 17.1 Å². The summed E-state index contributed by atoms with van der Waals surface area (Å²) >= 11 is 6.39. The first-order valence-electron chi connectivity index (χ1n) is 9.70. The molecule has 0 spiro atoms. The van der Waals surface area contributed by atoms with Crippen LogP contribution in [-0.2, 0) is 4.79 Å². The minimum atomic E-state index is -1.61. The van der Waals surface area contributed by atoms with Crippen molar-refractivity contribution in [1.29, 1.82) is 0 Å². The van der Waals surface area contributed by atoms with Crippen LogP contribution in [0.5, 0.6) is 5.75 Å². The zero-order valence-electron chi connectivity index (χ0n) is 16.4. The summed E-state index contributed by atoms with van der Waals surface area (Å²) in [5.74, 6) is -0.905. The molecule has 8 nitrogen and oxygen atoms in total. The van der Waals surface area contributed by atoms with Crippen LogP contribution in [0, 0.1) is 5.82 Å². The molecule has 0 bridgehead atoms. The summed E-state index contributed by atoms with van der Waals surface area (Å²) in [7, 11) is 0. The summed E-state index contributed by atoms with van der Waals surface area (Å²) < 4.78 is 21.9. The van der Waals surface area contributed by atoms with E-state index in [2.05, 4.69) is 4.74 Å². The van der Waals surface area contributed by atoms with Crippen molar-refractivity contribution in [2.75, 3.05) is 37.6 Å². The molecule has 160 valence electrons. The smallest absolute Gasteiger partial charge is 0.449 e. The summed E-state index contributed by atoms with van der Waals surface area (Å²) in [6.45, 7) is 4.05. The molecule has 0 unspecified atom stereocenters. The molecule has 1 aliphatic heterocycles. The van der Waals surface area contributed by atoms with Crippen molar-refractivity contribution < 1.29 is 23.8 Å². The molecule has 1 saturated heterocycles. The Hall–Kier alpha value is -2.65. The number of rotatable bonds is 5. The van der Waals surface area contributed by atoms with Crippen LogP contribution in [0.25, 0.3) is 10.9 Å². The summed E-state index contributed by atoms with van der Waals surface area (Å²) in [6.07, 6.45) is 1.25. The van der Waals surface area contributed by atoms with Gasteiger partial charge in [0.15, 0.2) is 11.6 Å². The van der Waals surface area contributed by atoms with E-state index < -0.39 is 17.4 Å². The molecule has 2 aliphatic rings. The SMILES string of the molecule is CC(=O)CN1CCN(c2c(Cl)cc3c(=O)c(OC(=O)O)cn(C4CC4)c3c2F)CC1. The largest absolute Gasteiger partial charge is 0.511 e. The molecular weight excluding hydrogens is 417 g/mol. The molecule has 2 fully saturated rings. The molecule has 1 aromatic carbocycles. The maximum Gasteiger partial charge on any atom is 0.511 e. The van der Waals surface area contributed by atoms with Crippen molar-refractivity contribution in [3.05, 3.63) is 33.3 Å². The highest BCUT2D eigenvalue weighted by Crippen LogP contribution is 2.41. The highest BCUT2D eigenvalue weighted by atomic mass is 35.5. The van der Waals surface area contributed by atoms with Crippen LogP contribution >= 0.6 is 11.6 Å². The van der Waals surface area contributed by atoms with Crippen molar-refractivity contribution >= 4 is 40.1 Å². The first-order chi connectivity index (χ1) is 14.3. The van der Waals surface area contributed by atoms with Gasteiger partial charge in [0, 0.05) is 32.2 Å². The number of carboxylic acid groups (broad SMARTS) is 1. The number of anilines is 1. The molecule has 2 heterocycles. The van der Waals surface area contributed by atoms with E-state index in [0.717, 1.165) is 12.8 Å². The van der Waals surface area contributed by atoms with Gasteiger partial charge in [-0.3, -0.25) is 14.5 Å². The Morgan fingerprint density at radius 1 is 1.27 bits per heavy atom. The molecule has 10 heteroatoms. The number of fused-ring (bicyclic) bond motifs is 1. The molecule has 1 aliphatic carbocycles. The lowest BCUT2D eigenvalue weighted by Crippen LogP contribution is -2.48. The second-order valence-electron chi connectivity index (χ2n) is 7.71. The average molecular weight is 438 g/mol. The fourth-order valence-corrected chi connectivity index (χ4v) is 4.26. The number of aromatic nitrogens is 1. The zero-order chi connectivity index (χ0) is 21.6. The Kier molecular flexibility index (Phi) is 5.42. The van der Waals surface area contributed by atoms with Gasteiger partial charge in [-0.15, -0.1) is 0 Å². The normalized spacial score (nSPS) is 17.4. The van der Waals surface area contributed by atoms with Crippen molar-refractivity contribution in [3.63, 3.8) is 0 Å². The minimum absolute atomic E-state index is 0.0119. The number of ketones is 1. The van der Waals surface area contributed by atoms with Crippen LogP contribution in [0.1, 0.15) is 25.8 Å². The lowest BCUT2D eigenvalue weighted by molar-refractivity contribution is -0.118. The molecule has 1 aromatic heterocycles. The van der Waals surface area contributed by atoms with E-state index in [4.69, 9.17) is 16.7 Å². The average Bonchev–Trinajstić information content (AvgIpc) is 3.50. The molecule has 30 heavy (non-hydrogen) atoms. The van der Waals surface area contributed by atoms with E-state index in [1.54, 1.807) is 4.57 Å². The Bertz CT molecular complexity index is 1090. The number of hydrogen-bond acceptors (Lipinski definition) is 6. The molecule has 4 rings (SSSR count). The Balaban J connectivity index is 1.78. The van der Waals surface area contributed by atoms with E-state index in [0.29, 0.717) is 32.7 Å².